The third-order valence-corrected chi connectivity index (χ3v) is 4.46. The van der Waals surface area contributed by atoms with Crippen LogP contribution in [0.2, 0.25) is 0 Å². The molecule has 1 N–H and O–H groups in total. The molecule has 1 saturated carbocycles. The second kappa shape index (κ2) is 7.20. The zero-order chi connectivity index (χ0) is 11.9. The third kappa shape index (κ3) is 4.13. The summed E-state index contributed by atoms with van der Waals surface area (Å²) < 4.78 is 0. The summed E-state index contributed by atoms with van der Waals surface area (Å²) in [6.07, 6.45) is 16.6. The average molecular weight is 235 g/mol. The topological polar surface area (TPSA) is 12.0 Å². The van der Waals surface area contributed by atoms with Gasteiger partial charge in [-0.3, -0.25) is 0 Å². The fourth-order valence-corrected chi connectivity index (χ4v) is 3.44. The first-order chi connectivity index (χ1) is 8.40. The maximum atomic E-state index is 3.80. The van der Waals surface area contributed by atoms with E-state index < -0.39 is 0 Å². The lowest BCUT2D eigenvalue weighted by atomic mass is 9.87. The van der Waals surface area contributed by atoms with Crippen molar-refractivity contribution < 1.29 is 0 Å². The minimum atomic E-state index is 0.707. The molecule has 0 amide bonds. The number of hydrogen-bond donors (Lipinski definition) is 1. The van der Waals surface area contributed by atoms with Crippen LogP contribution in [-0.4, -0.2) is 12.6 Å². The van der Waals surface area contributed by atoms with Crippen LogP contribution in [0.25, 0.3) is 0 Å². The van der Waals surface area contributed by atoms with Gasteiger partial charge in [-0.05, 0) is 51.0 Å². The van der Waals surface area contributed by atoms with E-state index in [4.69, 9.17) is 0 Å². The molecular weight excluding hydrogens is 206 g/mol. The SMILES string of the molecule is CCCNC(CC1CCCC1)C1=CCCCC1. The Balaban J connectivity index is 1.88. The highest BCUT2D eigenvalue weighted by Crippen LogP contribution is 2.32. The second-order valence-electron chi connectivity index (χ2n) is 5.92. The van der Waals surface area contributed by atoms with Crippen molar-refractivity contribution in [2.75, 3.05) is 6.54 Å². The molecule has 0 aromatic rings. The van der Waals surface area contributed by atoms with Gasteiger partial charge in [0.15, 0.2) is 0 Å². The Morgan fingerprint density at radius 2 is 2.06 bits per heavy atom. The predicted molar refractivity (Wildman–Crippen MR) is 75.2 cm³/mol. The lowest BCUT2D eigenvalue weighted by molar-refractivity contribution is 0.406. The molecule has 2 rings (SSSR count). The molecule has 0 radical (unpaired) electrons. The molecule has 17 heavy (non-hydrogen) atoms. The van der Waals surface area contributed by atoms with Gasteiger partial charge in [0, 0.05) is 6.04 Å². The third-order valence-electron chi connectivity index (χ3n) is 4.46. The van der Waals surface area contributed by atoms with Crippen molar-refractivity contribution in [1.29, 1.82) is 0 Å². The van der Waals surface area contributed by atoms with Gasteiger partial charge in [0.05, 0.1) is 0 Å². The second-order valence-corrected chi connectivity index (χ2v) is 5.92. The molecule has 2 aliphatic rings. The average Bonchev–Trinajstić information content (AvgIpc) is 2.88. The van der Waals surface area contributed by atoms with Crippen molar-refractivity contribution in [3.63, 3.8) is 0 Å². The lowest BCUT2D eigenvalue weighted by Crippen LogP contribution is -2.33. The van der Waals surface area contributed by atoms with E-state index in [9.17, 15) is 0 Å². The molecule has 0 spiro atoms. The van der Waals surface area contributed by atoms with E-state index in [1.807, 2.05) is 0 Å². The molecule has 1 unspecified atom stereocenters. The van der Waals surface area contributed by atoms with Crippen molar-refractivity contribution >= 4 is 0 Å². The Labute approximate surface area is 107 Å². The van der Waals surface area contributed by atoms with Gasteiger partial charge in [-0.1, -0.05) is 44.3 Å². The van der Waals surface area contributed by atoms with E-state index in [1.165, 1.54) is 70.8 Å². The summed E-state index contributed by atoms with van der Waals surface area (Å²) in [6, 6.07) is 0.707. The highest BCUT2D eigenvalue weighted by atomic mass is 14.9. The Bertz CT molecular complexity index is 238. The minimum absolute atomic E-state index is 0.707. The number of rotatable bonds is 6. The first kappa shape index (κ1) is 13.1. The normalized spacial score (nSPS) is 23.7. The molecule has 0 saturated heterocycles. The zero-order valence-electron chi connectivity index (χ0n) is 11.5. The molecule has 0 bridgehead atoms. The molecule has 1 fully saturated rings. The van der Waals surface area contributed by atoms with Crippen LogP contribution < -0.4 is 5.32 Å². The van der Waals surface area contributed by atoms with Crippen molar-refractivity contribution in [2.45, 2.75) is 77.2 Å². The molecule has 0 heterocycles. The molecule has 2 aliphatic carbocycles. The van der Waals surface area contributed by atoms with E-state index in [-0.39, 0.29) is 0 Å². The van der Waals surface area contributed by atoms with Crippen LogP contribution in [0.5, 0.6) is 0 Å². The largest absolute Gasteiger partial charge is 0.310 e. The number of nitrogens with one attached hydrogen (secondary N) is 1. The minimum Gasteiger partial charge on any atom is -0.310 e. The summed E-state index contributed by atoms with van der Waals surface area (Å²) >= 11 is 0. The van der Waals surface area contributed by atoms with Crippen molar-refractivity contribution in [1.82, 2.24) is 5.32 Å². The van der Waals surface area contributed by atoms with Gasteiger partial charge in [-0.25, -0.2) is 0 Å². The molecule has 0 aromatic heterocycles. The molecule has 0 aromatic carbocycles. The Hall–Kier alpha value is -0.300. The monoisotopic (exact) mass is 235 g/mol. The molecule has 1 heteroatoms. The van der Waals surface area contributed by atoms with Gasteiger partial charge < -0.3 is 5.32 Å². The van der Waals surface area contributed by atoms with E-state index in [0.717, 1.165) is 5.92 Å². The summed E-state index contributed by atoms with van der Waals surface area (Å²) in [6.45, 7) is 3.46. The highest BCUT2D eigenvalue weighted by Gasteiger charge is 2.22. The van der Waals surface area contributed by atoms with Crippen LogP contribution in [0.4, 0.5) is 0 Å². The maximum Gasteiger partial charge on any atom is 0.0282 e. The fraction of sp³-hybridized carbons (Fsp3) is 0.875. The summed E-state index contributed by atoms with van der Waals surface area (Å²) in [7, 11) is 0. The lowest BCUT2D eigenvalue weighted by Gasteiger charge is -2.27. The quantitative estimate of drug-likeness (QED) is 0.671. The summed E-state index contributed by atoms with van der Waals surface area (Å²) in [5, 5.41) is 3.80. The smallest absolute Gasteiger partial charge is 0.0282 e. The zero-order valence-corrected chi connectivity index (χ0v) is 11.5. The Morgan fingerprint density at radius 3 is 2.71 bits per heavy atom. The summed E-state index contributed by atoms with van der Waals surface area (Å²) in [5.41, 5.74) is 1.73. The van der Waals surface area contributed by atoms with Crippen molar-refractivity contribution in [3.8, 4) is 0 Å². The van der Waals surface area contributed by atoms with Crippen LogP contribution in [-0.2, 0) is 0 Å². The summed E-state index contributed by atoms with van der Waals surface area (Å²) in [5.74, 6) is 1.01. The predicted octanol–water partition coefficient (Wildman–Crippen LogP) is 4.44. The van der Waals surface area contributed by atoms with Crippen LogP contribution >= 0.6 is 0 Å². The molecule has 98 valence electrons. The van der Waals surface area contributed by atoms with Gasteiger partial charge in [0.1, 0.15) is 0 Å². The van der Waals surface area contributed by atoms with Gasteiger partial charge in [-0.15, -0.1) is 0 Å². The van der Waals surface area contributed by atoms with E-state index in [1.54, 1.807) is 5.57 Å². The molecule has 0 aliphatic heterocycles. The van der Waals surface area contributed by atoms with E-state index in [0.29, 0.717) is 6.04 Å². The number of allylic oxidation sites excluding steroid dienone is 1. The molecule has 1 nitrogen and oxygen atoms in total. The first-order valence-corrected chi connectivity index (χ1v) is 7.82. The van der Waals surface area contributed by atoms with Gasteiger partial charge in [0.25, 0.3) is 0 Å². The fourth-order valence-electron chi connectivity index (χ4n) is 3.44. The van der Waals surface area contributed by atoms with Crippen LogP contribution in [0.15, 0.2) is 11.6 Å². The highest BCUT2D eigenvalue weighted by molar-refractivity contribution is 5.13. The molecule has 1 atom stereocenters. The number of hydrogen-bond acceptors (Lipinski definition) is 1. The van der Waals surface area contributed by atoms with Crippen LogP contribution in [0.1, 0.15) is 71.1 Å². The standard InChI is InChI=1S/C16H29N/c1-2-12-17-16(13-14-8-6-7-9-14)15-10-4-3-5-11-15/h10,14,16-17H,2-9,11-13H2,1H3. The van der Waals surface area contributed by atoms with Crippen LogP contribution in [0, 0.1) is 5.92 Å². The van der Waals surface area contributed by atoms with E-state index >= 15 is 0 Å². The summed E-state index contributed by atoms with van der Waals surface area (Å²) in [4.78, 5) is 0. The molecular formula is C16H29N. The van der Waals surface area contributed by atoms with Gasteiger partial charge in [-0.2, -0.15) is 0 Å². The Morgan fingerprint density at radius 1 is 1.24 bits per heavy atom. The first-order valence-electron chi connectivity index (χ1n) is 7.82. The van der Waals surface area contributed by atoms with E-state index in [2.05, 4.69) is 18.3 Å². The maximum absolute atomic E-state index is 3.80. The van der Waals surface area contributed by atoms with Gasteiger partial charge >= 0.3 is 0 Å². The Kier molecular flexibility index (Phi) is 5.57. The van der Waals surface area contributed by atoms with Gasteiger partial charge in [0.2, 0.25) is 0 Å². The van der Waals surface area contributed by atoms with Crippen molar-refractivity contribution in [2.24, 2.45) is 5.92 Å². The van der Waals surface area contributed by atoms with Crippen molar-refractivity contribution in [3.05, 3.63) is 11.6 Å². The van der Waals surface area contributed by atoms with Crippen LogP contribution in [0.3, 0.4) is 0 Å².